The molecule has 0 aliphatic heterocycles. The number of fused-ring (bicyclic) bond motifs is 13. The van der Waals surface area contributed by atoms with Crippen LogP contribution in [0.1, 0.15) is 11.1 Å². The van der Waals surface area contributed by atoms with Crippen molar-refractivity contribution in [2.24, 2.45) is 0 Å². The standard InChI is InChI=1S/C70H46N2O3/c1-43-21-9-15-37-57(43)71(59-39-19-35-55-53-33-17-31-47(67(53)74-69(55)59)45-23-5-3-6-24-45)61-41-63-65(51-29-13-11-27-49(51)61)66-52-30-14-12-28-50(52)62(42-64(66)73-63)72(58-38-16-10-22-44(58)2)60-40-20-36-56-54-34-18-32-48(68(54)75-70(56)60)46-25-7-4-8-26-46/h3-42H,1-2H3. The van der Waals surface area contributed by atoms with E-state index in [1.165, 1.54) is 0 Å². The number of anilines is 6. The molecule has 0 bridgehead atoms. The van der Waals surface area contributed by atoms with Gasteiger partial charge < -0.3 is 23.1 Å². The van der Waals surface area contributed by atoms with Gasteiger partial charge in [0.25, 0.3) is 0 Å². The minimum absolute atomic E-state index is 0.790. The van der Waals surface area contributed by atoms with Crippen LogP contribution in [0.15, 0.2) is 256 Å². The van der Waals surface area contributed by atoms with E-state index in [0.717, 1.165) is 155 Å². The topological polar surface area (TPSA) is 45.9 Å². The Bertz CT molecular complexity index is 4450. The third kappa shape index (κ3) is 6.58. The Morgan fingerprint density at radius 1 is 0.253 bits per heavy atom. The molecular formula is C70H46N2O3. The molecule has 0 fully saturated rings. The van der Waals surface area contributed by atoms with Gasteiger partial charge in [0.05, 0.1) is 22.7 Å². The van der Waals surface area contributed by atoms with Gasteiger partial charge in [-0.25, -0.2) is 0 Å². The number of rotatable bonds is 8. The number of nitrogens with zero attached hydrogens (tertiary/aromatic N) is 2. The molecule has 0 aliphatic carbocycles. The molecular weight excluding hydrogens is 917 g/mol. The highest BCUT2D eigenvalue weighted by atomic mass is 16.3. The van der Waals surface area contributed by atoms with Crippen LogP contribution in [0.25, 0.3) is 110 Å². The molecule has 0 saturated carbocycles. The van der Waals surface area contributed by atoms with Crippen LogP contribution in [0, 0.1) is 13.8 Å². The molecule has 12 aromatic carbocycles. The maximum atomic E-state index is 7.35. The van der Waals surface area contributed by atoms with Crippen LogP contribution in [0.5, 0.6) is 0 Å². The average molecular weight is 963 g/mol. The molecule has 15 rings (SSSR count). The van der Waals surface area contributed by atoms with Crippen molar-refractivity contribution in [2.75, 3.05) is 9.80 Å². The van der Waals surface area contributed by atoms with E-state index >= 15 is 0 Å². The van der Waals surface area contributed by atoms with Crippen molar-refractivity contribution in [2.45, 2.75) is 13.8 Å². The molecule has 75 heavy (non-hydrogen) atoms. The number of para-hydroxylation sites is 6. The van der Waals surface area contributed by atoms with Gasteiger partial charge in [-0.3, -0.25) is 0 Å². The van der Waals surface area contributed by atoms with Gasteiger partial charge in [0, 0.05) is 77.7 Å². The molecule has 0 atom stereocenters. The first-order valence-corrected chi connectivity index (χ1v) is 25.6. The minimum atomic E-state index is 0.790. The third-order valence-corrected chi connectivity index (χ3v) is 15.3. The highest BCUT2D eigenvalue weighted by Gasteiger charge is 2.28. The Labute approximate surface area is 432 Å². The van der Waals surface area contributed by atoms with Crippen LogP contribution in [0.2, 0.25) is 0 Å². The van der Waals surface area contributed by atoms with Crippen molar-refractivity contribution in [1.29, 1.82) is 0 Å². The van der Waals surface area contributed by atoms with Crippen molar-refractivity contribution in [3.63, 3.8) is 0 Å². The van der Waals surface area contributed by atoms with E-state index in [9.17, 15) is 0 Å². The second-order valence-electron chi connectivity index (χ2n) is 19.6. The van der Waals surface area contributed by atoms with Crippen LogP contribution in [-0.4, -0.2) is 0 Å². The molecule has 3 heterocycles. The number of hydrogen-bond donors (Lipinski definition) is 0. The second kappa shape index (κ2) is 16.9. The molecule has 0 saturated heterocycles. The van der Waals surface area contributed by atoms with E-state index in [0.29, 0.717) is 0 Å². The van der Waals surface area contributed by atoms with Crippen molar-refractivity contribution in [1.82, 2.24) is 0 Å². The maximum Gasteiger partial charge on any atom is 0.159 e. The lowest BCUT2D eigenvalue weighted by Gasteiger charge is -2.28. The summed E-state index contributed by atoms with van der Waals surface area (Å²) in [6.45, 7) is 4.36. The molecule has 0 amide bonds. The zero-order valence-corrected chi connectivity index (χ0v) is 41.2. The summed E-state index contributed by atoms with van der Waals surface area (Å²) >= 11 is 0. The van der Waals surface area contributed by atoms with Gasteiger partial charge in [0.2, 0.25) is 0 Å². The highest BCUT2D eigenvalue weighted by Crippen LogP contribution is 2.52. The fourth-order valence-electron chi connectivity index (χ4n) is 11.9. The Hall–Kier alpha value is -9.84. The lowest BCUT2D eigenvalue weighted by molar-refractivity contribution is 0.668. The van der Waals surface area contributed by atoms with E-state index in [1.807, 2.05) is 0 Å². The second-order valence-corrected chi connectivity index (χ2v) is 19.6. The predicted molar refractivity (Wildman–Crippen MR) is 313 cm³/mol. The molecule has 3 aromatic heterocycles. The van der Waals surface area contributed by atoms with Gasteiger partial charge in [0.1, 0.15) is 22.3 Å². The molecule has 0 spiro atoms. The monoisotopic (exact) mass is 962 g/mol. The zero-order valence-electron chi connectivity index (χ0n) is 41.2. The van der Waals surface area contributed by atoms with Gasteiger partial charge in [0.15, 0.2) is 11.2 Å². The van der Waals surface area contributed by atoms with Crippen LogP contribution >= 0.6 is 0 Å². The summed E-state index contributed by atoms with van der Waals surface area (Å²) in [7, 11) is 0. The van der Waals surface area contributed by atoms with Gasteiger partial charge in [-0.1, -0.05) is 206 Å². The third-order valence-electron chi connectivity index (χ3n) is 15.3. The van der Waals surface area contributed by atoms with E-state index in [2.05, 4.69) is 266 Å². The molecule has 0 aliphatic rings. The van der Waals surface area contributed by atoms with Crippen molar-refractivity contribution in [3.8, 4) is 22.3 Å². The fraction of sp³-hybridized carbons (Fsp3) is 0.0286. The first kappa shape index (κ1) is 42.8. The summed E-state index contributed by atoms with van der Waals surface area (Å²) < 4.78 is 21.6. The average Bonchev–Trinajstić information content (AvgIpc) is 4.20. The normalized spacial score (nSPS) is 11.9. The highest BCUT2D eigenvalue weighted by molar-refractivity contribution is 6.31. The summed E-state index contributed by atoms with van der Waals surface area (Å²) in [6, 6.07) is 86.1. The van der Waals surface area contributed by atoms with Crippen LogP contribution in [0.4, 0.5) is 34.1 Å². The first-order valence-electron chi connectivity index (χ1n) is 25.6. The lowest BCUT2D eigenvalue weighted by Crippen LogP contribution is -2.12. The zero-order chi connectivity index (χ0) is 49.7. The number of furan rings is 3. The van der Waals surface area contributed by atoms with Gasteiger partial charge in [-0.05, 0) is 71.1 Å². The predicted octanol–water partition coefficient (Wildman–Crippen LogP) is 20.6. The van der Waals surface area contributed by atoms with E-state index in [4.69, 9.17) is 13.3 Å². The summed E-state index contributed by atoms with van der Waals surface area (Å²) in [6.07, 6.45) is 0. The maximum absolute atomic E-state index is 7.35. The summed E-state index contributed by atoms with van der Waals surface area (Å²) in [4.78, 5) is 4.75. The Morgan fingerprint density at radius 3 is 1.01 bits per heavy atom. The van der Waals surface area contributed by atoms with E-state index in [-0.39, 0.29) is 0 Å². The van der Waals surface area contributed by atoms with Crippen LogP contribution in [-0.2, 0) is 0 Å². The van der Waals surface area contributed by atoms with Crippen molar-refractivity contribution >= 4 is 121 Å². The Morgan fingerprint density at radius 2 is 0.587 bits per heavy atom. The molecule has 354 valence electrons. The number of aryl methyl sites for hydroxylation is 2. The lowest BCUT2D eigenvalue weighted by atomic mass is 9.96. The fourth-order valence-corrected chi connectivity index (χ4v) is 11.9. The molecule has 15 aromatic rings. The summed E-state index contributed by atoms with van der Waals surface area (Å²) in [5, 5.41) is 10.8. The van der Waals surface area contributed by atoms with Gasteiger partial charge in [-0.2, -0.15) is 0 Å². The molecule has 0 unspecified atom stereocenters. The Balaban J connectivity index is 0.993. The summed E-state index contributed by atoms with van der Waals surface area (Å²) in [5.41, 5.74) is 17.5. The van der Waals surface area contributed by atoms with Crippen LogP contribution < -0.4 is 9.80 Å². The van der Waals surface area contributed by atoms with Crippen molar-refractivity contribution < 1.29 is 13.3 Å². The number of hydrogen-bond acceptors (Lipinski definition) is 5. The molecule has 5 heteroatoms. The minimum Gasteiger partial charge on any atom is -0.456 e. The first-order chi connectivity index (χ1) is 37.1. The molecule has 0 N–H and O–H groups in total. The molecule has 0 radical (unpaired) electrons. The SMILES string of the molecule is Cc1ccccc1N(c1cc2oc3cc(N(c4ccccc4C)c4cccc5c4oc4c(-c6ccccc6)cccc45)c4ccccc4c3c2c2ccccc12)c1cccc2c1oc1c(-c3ccccc3)cccc12. The molecule has 5 nitrogen and oxygen atoms in total. The number of benzene rings is 12. The summed E-state index contributed by atoms with van der Waals surface area (Å²) in [5.74, 6) is 0. The van der Waals surface area contributed by atoms with E-state index < -0.39 is 0 Å². The Kier molecular flexibility index (Phi) is 9.63. The smallest absolute Gasteiger partial charge is 0.159 e. The largest absolute Gasteiger partial charge is 0.456 e. The van der Waals surface area contributed by atoms with Crippen molar-refractivity contribution in [3.05, 3.63) is 254 Å². The van der Waals surface area contributed by atoms with Crippen LogP contribution in [0.3, 0.4) is 0 Å². The van der Waals surface area contributed by atoms with E-state index in [1.54, 1.807) is 0 Å². The van der Waals surface area contributed by atoms with Gasteiger partial charge >= 0.3 is 0 Å². The van der Waals surface area contributed by atoms with Gasteiger partial charge in [-0.15, -0.1) is 0 Å². The quantitative estimate of drug-likeness (QED) is 0.152.